The van der Waals surface area contributed by atoms with Crippen LogP contribution in [0.5, 0.6) is 0 Å². The standard InChI is InChI=1S/C12H20N2OS/c1-3-4-11(13)7-12(15)14-9(2)10-5-6-16-8-10/h5-6,8-9,11H,3-4,7,13H2,1-2H3,(H,14,15). The molecule has 1 amide bonds. The Bertz CT molecular complexity index is 311. The van der Waals surface area contributed by atoms with Gasteiger partial charge in [-0.15, -0.1) is 0 Å². The van der Waals surface area contributed by atoms with Crippen LogP contribution in [0.15, 0.2) is 16.8 Å². The molecule has 2 atom stereocenters. The molecule has 2 unspecified atom stereocenters. The van der Waals surface area contributed by atoms with Crippen LogP contribution in [-0.4, -0.2) is 11.9 Å². The molecule has 0 saturated carbocycles. The molecule has 0 aliphatic carbocycles. The lowest BCUT2D eigenvalue weighted by Gasteiger charge is -2.15. The molecule has 0 radical (unpaired) electrons. The molecule has 1 heterocycles. The van der Waals surface area contributed by atoms with Gasteiger partial charge < -0.3 is 11.1 Å². The zero-order valence-corrected chi connectivity index (χ0v) is 10.7. The summed E-state index contributed by atoms with van der Waals surface area (Å²) in [6, 6.07) is 2.09. The third kappa shape index (κ3) is 4.33. The monoisotopic (exact) mass is 240 g/mol. The van der Waals surface area contributed by atoms with Gasteiger partial charge in [0, 0.05) is 12.5 Å². The summed E-state index contributed by atoms with van der Waals surface area (Å²) in [7, 11) is 0. The van der Waals surface area contributed by atoms with E-state index in [1.807, 2.05) is 18.4 Å². The molecule has 0 bridgehead atoms. The van der Waals surface area contributed by atoms with E-state index in [4.69, 9.17) is 5.73 Å². The van der Waals surface area contributed by atoms with E-state index in [1.165, 1.54) is 0 Å². The summed E-state index contributed by atoms with van der Waals surface area (Å²) in [4.78, 5) is 11.6. The molecule has 4 heteroatoms. The first-order valence-electron chi connectivity index (χ1n) is 5.70. The van der Waals surface area contributed by atoms with Crippen LogP contribution in [0.2, 0.25) is 0 Å². The van der Waals surface area contributed by atoms with Crippen LogP contribution in [0.25, 0.3) is 0 Å². The first-order chi connectivity index (χ1) is 7.63. The van der Waals surface area contributed by atoms with Crippen molar-refractivity contribution in [2.75, 3.05) is 0 Å². The van der Waals surface area contributed by atoms with Crippen LogP contribution in [0.1, 0.15) is 44.7 Å². The second-order valence-corrected chi connectivity index (χ2v) is 4.88. The van der Waals surface area contributed by atoms with Crippen LogP contribution in [-0.2, 0) is 4.79 Å². The number of nitrogens with two attached hydrogens (primary N) is 1. The summed E-state index contributed by atoms with van der Waals surface area (Å²) in [6.45, 7) is 4.07. The highest BCUT2D eigenvalue weighted by atomic mass is 32.1. The molecule has 90 valence electrons. The number of carbonyl (C=O) groups excluding carboxylic acids is 1. The van der Waals surface area contributed by atoms with Gasteiger partial charge in [0.2, 0.25) is 5.91 Å². The Hall–Kier alpha value is -0.870. The quantitative estimate of drug-likeness (QED) is 0.802. The summed E-state index contributed by atoms with van der Waals surface area (Å²) in [6.07, 6.45) is 2.34. The van der Waals surface area contributed by atoms with Crippen molar-refractivity contribution in [1.82, 2.24) is 5.32 Å². The van der Waals surface area contributed by atoms with Gasteiger partial charge in [0.1, 0.15) is 0 Å². The smallest absolute Gasteiger partial charge is 0.222 e. The summed E-state index contributed by atoms with van der Waals surface area (Å²) in [5.74, 6) is 0.0413. The van der Waals surface area contributed by atoms with E-state index in [-0.39, 0.29) is 18.0 Å². The molecule has 3 N–H and O–H groups in total. The van der Waals surface area contributed by atoms with E-state index in [2.05, 4.69) is 17.6 Å². The van der Waals surface area contributed by atoms with E-state index in [1.54, 1.807) is 11.3 Å². The minimum atomic E-state index is -0.0142. The van der Waals surface area contributed by atoms with Crippen LogP contribution < -0.4 is 11.1 Å². The van der Waals surface area contributed by atoms with Crippen molar-refractivity contribution in [2.24, 2.45) is 5.73 Å². The van der Waals surface area contributed by atoms with Crippen LogP contribution in [0, 0.1) is 0 Å². The third-order valence-electron chi connectivity index (χ3n) is 2.53. The van der Waals surface area contributed by atoms with Crippen molar-refractivity contribution < 1.29 is 4.79 Å². The van der Waals surface area contributed by atoms with Gasteiger partial charge in [0.15, 0.2) is 0 Å². The molecule has 0 aliphatic heterocycles. The SMILES string of the molecule is CCCC(N)CC(=O)NC(C)c1ccsc1. The van der Waals surface area contributed by atoms with Crippen LogP contribution in [0.4, 0.5) is 0 Å². The maximum Gasteiger partial charge on any atom is 0.222 e. The summed E-state index contributed by atoms with van der Waals surface area (Å²) in [5, 5.41) is 7.03. The van der Waals surface area contributed by atoms with Gasteiger partial charge in [0.25, 0.3) is 0 Å². The lowest BCUT2D eigenvalue weighted by Crippen LogP contribution is -2.33. The van der Waals surface area contributed by atoms with Gasteiger partial charge in [-0.3, -0.25) is 4.79 Å². The van der Waals surface area contributed by atoms with Crippen LogP contribution >= 0.6 is 11.3 Å². The van der Waals surface area contributed by atoms with Crippen molar-refractivity contribution in [3.63, 3.8) is 0 Å². The Morgan fingerprint density at radius 1 is 1.62 bits per heavy atom. The van der Waals surface area contributed by atoms with Gasteiger partial charge in [-0.05, 0) is 35.7 Å². The van der Waals surface area contributed by atoms with E-state index >= 15 is 0 Å². The predicted molar refractivity (Wildman–Crippen MR) is 68.4 cm³/mol. The highest BCUT2D eigenvalue weighted by molar-refractivity contribution is 7.07. The van der Waals surface area contributed by atoms with E-state index in [0.29, 0.717) is 6.42 Å². The largest absolute Gasteiger partial charge is 0.350 e. The van der Waals surface area contributed by atoms with Gasteiger partial charge in [0.05, 0.1) is 6.04 Å². The molecular formula is C12H20N2OS. The molecular weight excluding hydrogens is 220 g/mol. The Labute approximate surface area is 101 Å². The van der Waals surface area contributed by atoms with Crippen molar-refractivity contribution in [1.29, 1.82) is 0 Å². The summed E-state index contributed by atoms with van der Waals surface area (Å²) in [5.41, 5.74) is 6.98. The Morgan fingerprint density at radius 3 is 2.94 bits per heavy atom. The number of amides is 1. The number of thiophene rings is 1. The lowest BCUT2D eigenvalue weighted by atomic mass is 10.1. The fourth-order valence-corrected chi connectivity index (χ4v) is 2.37. The highest BCUT2D eigenvalue weighted by Gasteiger charge is 2.12. The first kappa shape index (κ1) is 13.2. The summed E-state index contributed by atoms with van der Waals surface area (Å²) >= 11 is 1.64. The second-order valence-electron chi connectivity index (χ2n) is 4.10. The number of hydrogen-bond acceptors (Lipinski definition) is 3. The molecule has 0 aliphatic rings. The van der Waals surface area contributed by atoms with E-state index in [9.17, 15) is 4.79 Å². The number of carbonyl (C=O) groups is 1. The maximum atomic E-state index is 11.6. The van der Waals surface area contributed by atoms with Crippen molar-refractivity contribution in [3.8, 4) is 0 Å². The highest BCUT2D eigenvalue weighted by Crippen LogP contribution is 2.15. The number of hydrogen-bond donors (Lipinski definition) is 2. The molecule has 0 saturated heterocycles. The maximum absolute atomic E-state index is 11.6. The molecule has 3 nitrogen and oxygen atoms in total. The second kappa shape index (κ2) is 6.66. The molecule has 16 heavy (non-hydrogen) atoms. The normalized spacial score (nSPS) is 14.4. The van der Waals surface area contributed by atoms with E-state index < -0.39 is 0 Å². The Balaban J connectivity index is 2.34. The van der Waals surface area contributed by atoms with Crippen molar-refractivity contribution in [3.05, 3.63) is 22.4 Å². The topological polar surface area (TPSA) is 55.1 Å². The zero-order valence-electron chi connectivity index (χ0n) is 9.90. The molecule has 1 rings (SSSR count). The Morgan fingerprint density at radius 2 is 2.38 bits per heavy atom. The zero-order chi connectivity index (χ0) is 12.0. The molecule has 1 aromatic rings. The number of nitrogens with one attached hydrogen (secondary N) is 1. The molecule has 1 aromatic heterocycles. The minimum absolute atomic E-state index is 0.0142. The Kier molecular flexibility index (Phi) is 5.49. The molecule has 0 fully saturated rings. The molecule has 0 spiro atoms. The first-order valence-corrected chi connectivity index (χ1v) is 6.64. The van der Waals surface area contributed by atoms with Gasteiger partial charge in [-0.1, -0.05) is 13.3 Å². The third-order valence-corrected chi connectivity index (χ3v) is 3.23. The van der Waals surface area contributed by atoms with E-state index in [0.717, 1.165) is 18.4 Å². The van der Waals surface area contributed by atoms with Gasteiger partial charge >= 0.3 is 0 Å². The van der Waals surface area contributed by atoms with Gasteiger partial charge in [-0.25, -0.2) is 0 Å². The van der Waals surface area contributed by atoms with Crippen molar-refractivity contribution >= 4 is 17.2 Å². The fraction of sp³-hybridized carbons (Fsp3) is 0.583. The van der Waals surface area contributed by atoms with Crippen LogP contribution in [0.3, 0.4) is 0 Å². The fourth-order valence-electron chi connectivity index (χ4n) is 1.62. The predicted octanol–water partition coefficient (Wildman–Crippen LogP) is 2.44. The van der Waals surface area contributed by atoms with Gasteiger partial charge in [-0.2, -0.15) is 11.3 Å². The lowest BCUT2D eigenvalue weighted by molar-refractivity contribution is -0.122. The number of rotatable bonds is 6. The summed E-state index contributed by atoms with van der Waals surface area (Å²) < 4.78 is 0. The van der Waals surface area contributed by atoms with Crippen molar-refractivity contribution in [2.45, 2.75) is 45.2 Å². The molecule has 0 aromatic carbocycles. The average Bonchev–Trinajstić information content (AvgIpc) is 2.69. The minimum Gasteiger partial charge on any atom is -0.350 e. The average molecular weight is 240 g/mol.